The van der Waals surface area contributed by atoms with E-state index in [0.29, 0.717) is 6.04 Å². The van der Waals surface area contributed by atoms with E-state index in [1.165, 1.54) is 25.7 Å². The van der Waals surface area contributed by atoms with Gasteiger partial charge in [0.05, 0.1) is 0 Å². The lowest BCUT2D eigenvalue weighted by Gasteiger charge is -2.34. The van der Waals surface area contributed by atoms with Gasteiger partial charge in [0.15, 0.2) is 0 Å². The van der Waals surface area contributed by atoms with Gasteiger partial charge in [-0.3, -0.25) is 0 Å². The molecule has 0 saturated heterocycles. The summed E-state index contributed by atoms with van der Waals surface area (Å²) < 4.78 is 6.87. The first-order valence-corrected chi connectivity index (χ1v) is 8.24. The van der Waals surface area contributed by atoms with Crippen molar-refractivity contribution in [2.45, 2.75) is 37.8 Å². The van der Waals surface area contributed by atoms with Crippen LogP contribution in [0.3, 0.4) is 0 Å². The average Bonchev–Trinajstić information content (AvgIpc) is 2.47. The molecule has 1 N–H and O–H groups in total. The highest BCUT2D eigenvalue weighted by molar-refractivity contribution is 9.10. The normalized spacial score (nSPS) is 23.0. The van der Waals surface area contributed by atoms with Crippen molar-refractivity contribution in [3.8, 4) is 5.75 Å². The standard InChI is InChI=1S/C16H25BrN2O/c1-18-14-6-8-15(9-7-14)19(2)10-11-20-16-5-3-4-13(17)12-16/h3-5,12,14-15,18H,6-11H2,1-2H3. The van der Waals surface area contributed by atoms with Crippen LogP contribution in [0, 0.1) is 0 Å². The maximum atomic E-state index is 5.81. The summed E-state index contributed by atoms with van der Waals surface area (Å²) in [6.45, 7) is 1.74. The zero-order valence-electron chi connectivity index (χ0n) is 12.4. The van der Waals surface area contributed by atoms with Crippen molar-refractivity contribution in [2.75, 3.05) is 27.2 Å². The van der Waals surface area contributed by atoms with Crippen molar-refractivity contribution in [1.29, 1.82) is 0 Å². The fourth-order valence-electron chi connectivity index (χ4n) is 2.85. The summed E-state index contributed by atoms with van der Waals surface area (Å²) in [5.41, 5.74) is 0. The lowest BCUT2D eigenvalue weighted by molar-refractivity contribution is 0.150. The van der Waals surface area contributed by atoms with E-state index in [0.717, 1.165) is 29.4 Å². The van der Waals surface area contributed by atoms with Gasteiger partial charge >= 0.3 is 0 Å². The molecule has 1 aromatic rings. The maximum Gasteiger partial charge on any atom is 0.120 e. The Morgan fingerprint density at radius 1 is 1.30 bits per heavy atom. The molecule has 4 heteroatoms. The number of hydrogen-bond donors (Lipinski definition) is 1. The van der Waals surface area contributed by atoms with E-state index < -0.39 is 0 Å². The first-order chi connectivity index (χ1) is 9.69. The topological polar surface area (TPSA) is 24.5 Å². The summed E-state index contributed by atoms with van der Waals surface area (Å²) >= 11 is 3.46. The first kappa shape index (κ1) is 15.8. The Balaban J connectivity index is 1.69. The Hall–Kier alpha value is -0.580. The third-order valence-electron chi connectivity index (χ3n) is 4.24. The van der Waals surface area contributed by atoms with E-state index in [9.17, 15) is 0 Å². The third kappa shape index (κ3) is 4.76. The van der Waals surface area contributed by atoms with E-state index >= 15 is 0 Å². The van der Waals surface area contributed by atoms with Crippen molar-refractivity contribution >= 4 is 15.9 Å². The van der Waals surface area contributed by atoms with Crippen LogP contribution < -0.4 is 10.1 Å². The highest BCUT2D eigenvalue weighted by atomic mass is 79.9. The van der Waals surface area contributed by atoms with Crippen LogP contribution in [-0.2, 0) is 0 Å². The van der Waals surface area contributed by atoms with Gasteiger partial charge in [0.1, 0.15) is 12.4 Å². The smallest absolute Gasteiger partial charge is 0.120 e. The van der Waals surface area contributed by atoms with Crippen molar-refractivity contribution in [3.63, 3.8) is 0 Å². The largest absolute Gasteiger partial charge is 0.492 e. The minimum atomic E-state index is 0.714. The maximum absolute atomic E-state index is 5.81. The van der Waals surface area contributed by atoms with Crippen LogP contribution in [-0.4, -0.2) is 44.2 Å². The van der Waals surface area contributed by atoms with Crippen molar-refractivity contribution in [1.82, 2.24) is 10.2 Å². The van der Waals surface area contributed by atoms with Crippen LogP contribution in [0.4, 0.5) is 0 Å². The fraction of sp³-hybridized carbons (Fsp3) is 0.625. The second-order valence-corrected chi connectivity index (χ2v) is 6.50. The molecule has 112 valence electrons. The molecule has 0 unspecified atom stereocenters. The molecule has 1 fully saturated rings. The number of ether oxygens (including phenoxy) is 1. The van der Waals surface area contributed by atoms with Gasteiger partial charge in [0, 0.05) is 23.1 Å². The van der Waals surface area contributed by atoms with E-state index in [1.54, 1.807) is 0 Å². The molecule has 0 radical (unpaired) electrons. The molecule has 1 aliphatic carbocycles. The van der Waals surface area contributed by atoms with Gasteiger partial charge in [-0.25, -0.2) is 0 Å². The molecule has 0 amide bonds. The lowest BCUT2D eigenvalue weighted by atomic mass is 9.90. The molecule has 0 heterocycles. The van der Waals surface area contributed by atoms with Gasteiger partial charge in [-0.2, -0.15) is 0 Å². The zero-order valence-corrected chi connectivity index (χ0v) is 14.0. The van der Waals surface area contributed by atoms with Gasteiger partial charge in [-0.15, -0.1) is 0 Å². The number of likely N-dealkylation sites (N-methyl/N-ethyl adjacent to an activating group) is 1. The van der Waals surface area contributed by atoms with E-state index in [-0.39, 0.29) is 0 Å². The Morgan fingerprint density at radius 3 is 2.70 bits per heavy atom. The summed E-state index contributed by atoms with van der Waals surface area (Å²) in [6.07, 6.45) is 5.16. The molecule has 0 atom stereocenters. The Labute approximate surface area is 130 Å². The number of nitrogens with one attached hydrogen (secondary N) is 1. The summed E-state index contributed by atoms with van der Waals surface area (Å²) in [5, 5.41) is 3.39. The second-order valence-electron chi connectivity index (χ2n) is 5.58. The van der Waals surface area contributed by atoms with Crippen molar-refractivity contribution in [3.05, 3.63) is 28.7 Å². The number of halogens is 1. The molecular weight excluding hydrogens is 316 g/mol. The number of hydrogen-bond acceptors (Lipinski definition) is 3. The van der Waals surface area contributed by atoms with Gasteiger partial charge in [0.2, 0.25) is 0 Å². The van der Waals surface area contributed by atoms with Crippen LogP contribution in [0.5, 0.6) is 5.75 Å². The van der Waals surface area contributed by atoms with Gasteiger partial charge in [-0.1, -0.05) is 22.0 Å². The molecule has 2 rings (SSSR count). The number of benzene rings is 1. The predicted octanol–water partition coefficient (Wildman–Crippen LogP) is 3.29. The molecule has 0 spiro atoms. The van der Waals surface area contributed by atoms with E-state index in [1.807, 2.05) is 24.3 Å². The molecule has 1 aromatic carbocycles. The quantitative estimate of drug-likeness (QED) is 0.859. The minimum Gasteiger partial charge on any atom is -0.492 e. The van der Waals surface area contributed by atoms with Gasteiger partial charge < -0.3 is 15.0 Å². The van der Waals surface area contributed by atoms with Crippen LogP contribution in [0.2, 0.25) is 0 Å². The first-order valence-electron chi connectivity index (χ1n) is 7.45. The van der Waals surface area contributed by atoms with Crippen molar-refractivity contribution in [2.24, 2.45) is 0 Å². The molecule has 1 aliphatic rings. The molecule has 0 aliphatic heterocycles. The van der Waals surface area contributed by atoms with Crippen LogP contribution in [0.25, 0.3) is 0 Å². The highest BCUT2D eigenvalue weighted by Gasteiger charge is 2.22. The summed E-state index contributed by atoms with van der Waals surface area (Å²) in [7, 11) is 4.29. The Kier molecular flexibility index (Phi) is 6.33. The monoisotopic (exact) mass is 340 g/mol. The fourth-order valence-corrected chi connectivity index (χ4v) is 3.23. The van der Waals surface area contributed by atoms with Crippen molar-refractivity contribution < 1.29 is 4.74 Å². The van der Waals surface area contributed by atoms with Gasteiger partial charge in [-0.05, 0) is 58.0 Å². The molecular formula is C16H25BrN2O. The van der Waals surface area contributed by atoms with Crippen LogP contribution in [0.1, 0.15) is 25.7 Å². The SMILES string of the molecule is CNC1CCC(N(C)CCOc2cccc(Br)c2)CC1. The minimum absolute atomic E-state index is 0.714. The summed E-state index contributed by atoms with van der Waals surface area (Å²) in [4.78, 5) is 2.45. The molecule has 0 bridgehead atoms. The summed E-state index contributed by atoms with van der Waals surface area (Å²) in [5.74, 6) is 0.937. The Bertz CT molecular complexity index is 405. The van der Waals surface area contributed by atoms with Gasteiger partial charge in [0.25, 0.3) is 0 Å². The lowest BCUT2D eigenvalue weighted by Crippen LogP contribution is -2.41. The molecule has 3 nitrogen and oxygen atoms in total. The molecule has 1 saturated carbocycles. The zero-order chi connectivity index (χ0) is 14.4. The average molecular weight is 341 g/mol. The predicted molar refractivity (Wildman–Crippen MR) is 87.4 cm³/mol. The highest BCUT2D eigenvalue weighted by Crippen LogP contribution is 2.22. The van der Waals surface area contributed by atoms with Crippen LogP contribution in [0.15, 0.2) is 28.7 Å². The number of rotatable bonds is 6. The molecule has 20 heavy (non-hydrogen) atoms. The molecule has 0 aromatic heterocycles. The summed E-state index contributed by atoms with van der Waals surface area (Å²) in [6, 6.07) is 9.46. The van der Waals surface area contributed by atoms with E-state index in [2.05, 4.69) is 40.2 Å². The Morgan fingerprint density at radius 2 is 2.05 bits per heavy atom. The third-order valence-corrected chi connectivity index (χ3v) is 4.73. The van der Waals surface area contributed by atoms with E-state index in [4.69, 9.17) is 4.74 Å². The number of nitrogens with zero attached hydrogens (tertiary/aromatic N) is 1. The second kappa shape index (κ2) is 8.01. The van der Waals surface area contributed by atoms with Crippen LogP contribution >= 0.6 is 15.9 Å².